The molecule has 1 amide bonds. The lowest BCUT2D eigenvalue weighted by atomic mass is 9.95. The summed E-state index contributed by atoms with van der Waals surface area (Å²) in [5.41, 5.74) is 2.78. The number of amides is 1. The third-order valence-corrected chi connectivity index (χ3v) is 4.88. The number of ether oxygens (including phenoxy) is 1. The van der Waals surface area contributed by atoms with Gasteiger partial charge in [-0.3, -0.25) is 4.79 Å². The molecule has 144 valence electrons. The van der Waals surface area contributed by atoms with Crippen LogP contribution >= 0.6 is 0 Å². The number of hydrogen-bond acceptors (Lipinski definition) is 4. The van der Waals surface area contributed by atoms with Crippen molar-refractivity contribution >= 4 is 23.0 Å². The van der Waals surface area contributed by atoms with Gasteiger partial charge in [0.05, 0.1) is 12.8 Å². The van der Waals surface area contributed by atoms with E-state index in [-0.39, 0.29) is 5.91 Å². The molecule has 0 atom stereocenters. The molecule has 1 fully saturated rings. The van der Waals surface area contributed by atoms with Crippen molar-refractivity contribution in [3.63, 3.8) is 0 Å². The van der Waals surface area contributed by atoms with Crippen molar-refractivity contribution in [2.24, 2.45) is 5.41 Å². The third kappa shape index (κ3) is 4.54. The molecule has 0 aromatic heterocycles. The molecule has 5 heteroatoms. The van der Waals surface area contributed by atoms with Gasteiger partial charge in [-0.25, -0.2) is 0 Å². The molecule has 1 N–H and O–H groups in total. The SMILES string of the molecule is COc1ccccc1N1CCN(c2ccc(NC(=O)C(C)(C)C)cc2)CC1. The topological polar surface area (TPSA) is 44.8 Å². The normalized spacial score (nSPS) is 14.8. The average molecular weight is 367 g/mol. The Kier molecular flexibility index (Phi) is 5.59. The molecule has 2 aromatic rings. The van der Waals surface area contributed by atoms with Crippen LogP contribution in [-0.2, 0) is 4.79 Å². The zero-order chi connectivity index (χ0) is 19.4. The second-order valence-electron chi connectivity index (χ2n) is 7.90. The Morgan fingerprint density at radius 3 is 2.11 bits per heavy atom. The number of nitrogens with zero attached hydrogens (tertiary/aromatic N) is 2. The van der Waals surface area contributed by atoms with Crippen LogP contribution in [0.4, 0.5) is 17.1 Å². The molecule has 0 spiro atoms. The van der Waals surface area contributed by atoms with E-state index in [1.165, 1.54) is 5.69 Å². The maximum Gasteiger partial charge on any atom is 0.229 e. The van der Waals surface area contributed by atoms with E-state index < -0.39 is 5.41 Å². The zero-order valence-electron chi connectivity index (χ0n) is 16.7. The predicted molar refractivity (Wildman–Crippen MR) is 112 cm³/mol. The second kappa shape index (κ2) is 7.91. The van der Waals surface area contributed by atoms with E-state index >= 15 is 0 Å². The molecule has 0 radical (unpaired) electrons. The van der Waals surface area contributed by atoms with Crippen LogP contribution in [0.2, 0.25) is 0 Å². The lowest BCUT2D eigenvalue weighted by Gasteiger charge is -2.37. The minimum Gasteiger partial charge on any atom is -0.495 e. The maximum absolute atomic E-state index is 12.1. The molecule has 1 heterocycles. The Hall–Kier alpha value is -2.69. The van der Waals surface area contributed by atoms with E-state index in [2.05, 4.69) is 39.4 Å². The monoisotopic (exact) mass is 367 g/mol. The highest BCUT2D eigenvalue weighted by Crippen LogP contribution is 2.29. The molecule has 0 unspecified atom stereocenters. The van der Waals surface area contributed by atoms with Gasteiger partial charge in [-0.05, 0) is 36.4 Å². The Morgan fingerprint density at radius 1 is 0.926 bits per heavy atom. The zero-order valence-corrected chi connectivity index (χ0v) is 16.7. The fourth-order valence-corrected chi connectivity index (χ4v) is 3.17. The van der Waals surface area contributed by atoms with Gasteiger partial charge in [-0.15, -0.1) is 0 Å². The average Bonchev–Trinajstić information content (AvgIpc) is 2.68. The molecule has 1 aliphatic rings. The number of anilines is 3. The number of nitrogens with one attached hydrogen (secondary N) is 1. The number of para-hydroxylation sites is 2. The second-order valence-corrected chi connectivity index (χ2v) is 7.90. The highest BCUT2D eigenvalue weighted by Gasteiger charge is 2.22. The van der Waals surface area contributed by atoms with Crippen LogP contribution in [-0.4, -0.2) is 39.2 Å². The molecule has 2 aromatic carbocycles. The Morgan fingerprint density at radius 2 is 1.52 bits per heavy atom. The Balaban J connectivity index is 1.60. The maximum atomic E-state index is 12.1. The Labute approximate surface area is 161 Å². The summed E-state index contributed by atoms with van der Waals surface area (Å²) in [6, 6.07) is 16.3. The minimum absolute atomic E-state index is 0.0284. The lowest BCUT2D eigenvalue weighted by molar-refractivity contribution is -0.123. The molecule has 1 aliphatic heterocycles. The molecular formula is C22H29N3O2. The van der Waals surface area contributed by atoms with Crippen LogP contribution in [0.5, 0.6) is 5.75 Å². The van der Waals surface area contributed by atoms with Gasteiger partial charge < -0.3 is 19.9 Å². The van der Waals surface area contributed by atoms with Crippen LogP contribution < -0.4 is 19.9 Å². The summed E-state index contributed by atoms with van der Waals surface area (Å²) < 4.78 is 5.49. The van der Waals surface area contributed by atoms with Crippen molar-refractivity contribution in [3.05, 3.63) is 48.5 Å². The van der Waals surface area contributed by atoms with Gasteiger partial charge in [0.2, 0.25) is 5.91 Å². The fourth-order valence-electron chi connectivity index (χ4n) is 3.17. The van der Waals surface area contributed by atoms with Crippen LogP contribution in [0.15, 0.2) is 48.5 Å². The molecule has 0 aliphatic carbocycles. The van der Waals surface area contributed by atoms with Gasteiger partial charge >= 0.3 is 0 Å². The number of carbonyl (C=O) groups is 1. The van der Waals surface area contributed by atoms with Crippen molar-refractivity contribution in [2.75, 3.05) is 48.4 Å². The van der Waals surface area contributed by atoms with Crippen molar-refractivity contribution in [1.29, 1.82) is 0 Å². The van der Waals surface area contributed by atoms with Crippen LogP contribution in [0.3, 0.4) is 0 Å². The standard InChI is InChI=1S/C22H29N3O2/c1-22(2,3)21(26)23-17-9-11-18(12-10-17)24-13-15-25(16-14-24)19-7-5-6-8-20(19)27-4/h5-12H,13-16H2,1-4H3,(H,23,26). The van der Waals surface area contributed by atoms with Gasteiger partial charge in [0.15, 0.2) is 0 Å². The van der Waals surface area contributed by atoms with Crippen molar-refractivity contribution in [1.82, 2.24) is 0 Å². The van der Waals surface area contributed by atoms with E-state index in [9.17, 15) is 4.79 Å². The first kappa shape index (κ1) is 19.1. The van der Waals surface area contributed by atoms with Gasteiger partial charge in [-0.2, -0.15) is 0 Å². The van der Waals surface area contributed by atoms with E-state index in [4.69, 9.17) is 4.74 Å². The molecular weight excluding hydrogens is 338 g/mol. The van der Waals surface area contributed by atoms with Gasteiger partial charge in [-0.1, -0.05) is 32.9 Å². The molecule has 27 heavy (non-hydrogen) atoms. The van der Waals surface area contributed by atoms with Gasteiger partial charge in [0, 0.05) is 43.0 Å². The summed E-state index contributed by atoms with van der Waals surface area (Å²) in [5, 5.41) is 2.97. The number of rotatable bonds is 4. The molecule has 5 nitrogen and oxygen atoms in total. The quantitative estimate of drug-likeness (QED) is 0.887. The summed E-state index contributed by atoms with van der Waals surface area (Å²) in [6.45, 7) is 9.54. The van der Waals surface area contributed by atoms with Gasteiger partial charge in [0.25, 0.3) is 0 Å². The largest absolute Gasteiger partial charge is 0.495 e. The highest BCUT2D eigenvalue weighted by atomic mass is 16.5. The summed E-state index contributed by atoms with van der Waals surface area (Å²) in [4.78, 5) is 16.9. The Bertz CT molecular complexity index is 773. The van der Waals surface area contributed by atoms with Crippen LogP contribution in [0.1, 0.15) is 20.8 Å². The highest BCUT2D eigenvalue weighted by molar-refractivity contribution is 5.94. The first-order valence-corrected chi connectivity index (χ1v) is 9.43. The summed E-state index contributed by atoms with van der Waals surface area (Å²) in [6.07, 6.45) is 0. The summed E-state index contributed by atoms with van der Waals surface area (Å²) >= 11 is 0. The fraction of sp³-hybridized carbons (Fsp3) is 0.409. The number of hydrogen-bond donors (Lipinski definition) is 1. The van der Waals surface area contributed by atoms with E-state index in [0.717, 1.165) is 43.3 Å². The smallest absolute Gasteiger partial charge is 0.229 e. The number of carbonyl (C=O) groups excluding carboxylic acids is 1. The van der Waals surface area contributed by atoms with E-state index in [0.29, 0.717) is 0 Å². The summed E-state index contributed by atoms with van der Waals surface area (Å²) in [7, 11) is 1.72. The predicted octanol–water partition coefficient (Wildman–Crippen LogP) is 4.01. The van der Waals surface area contributed by atoms with Crippen molar-refractivity contribution < 1.29 is 9.53 Å². The van der Waals surface area contributed by atoms with Crippen LogP contribution in [0, 0.1) is 5.41 Å². The van der Waals surface area contributed by atoms with Crippen LogP contribution in [0.25, 0.3) is 0 Å². The minimum atomic E-state index is -0.395. The molecule has 0 bridgehead atoms. The first-order valence-electron chi connectivity index (χ1n) is 9.43. The van der Waals surface area contributed by atoms with Crippen molar-refractivity contribution in [2.45, 2.75) is 20.8 Å². The van der Waals surface area contributed by atoms with Gasteiger partial charge in [0.1, 0.15) is 5.75 Å². The summed E-state index contributed by atoms with van der Waals surface area (Å²) in [5.74, 6) is 0.950. The lowest BCUT2D eigenvalue weighted by Crippen LogP contribution is -2.46. The van der Waals surface area contributed by atoms with E-state index in [1.807, 2.05) is 45.0 Å². The first-order chi connectivity index (χ1) is 12.9. The molecule has 1 saturated heterocycles. The number of piperazine rings is 1. The van der Waals surface area contributed by atoms with E-state index in [1.54, 1.807) is 7.11 Å². The molecule has 3 rings (SSSR count). The molecule has 0 saturated carbocycles. The number of methoxy groups -OCH3 is 1. The third-order valence-electron chi connectivity index (χ3n) is 4.88. The van der Waals surface area contributed by atoms with Crippen molar-refractivity contribution in [3.8, 4) is 5.75 Å². The number of benzene rings is 2.